The monoisotopic (exact) mass is 351 g/mol. The van der Waals surface area contributed by atoms with Crippen LogP contribution >= 0.6 is 11.6 Å². The third-order valence-corrected chi connectivity index (χ3v) is 4.49. The molecule has 2 amide bonds. The highest BCUT2D eigenvalue weighted by Crippen LogP contribution is 2.11. The number of hydrogen-bond donors (Lipinski definition) is 2. The molecular weight excluding hydrogens is 326 g/mol. The summed E-state index contributed by atoms with van der Waals surface area (Å²) in [6.45, 7) is 5.75. The summed E-state index contributed by atoms with van der Waals surface area (Å²) >= 11 is 5.79. The van der Waals surface area contributed by atoms with Crippen LogP contribution in [-0.2, 0) is 4.79 Å². The van der Waals surface area contributed by atoms with E-state index in [1.807, 2.05) is 0 Å². The van der Waals surface area contributed by atoms with E-state index < -0.39 is 0 Å². The van der Waals surface area contributed by atoms with Gasteiger partial charge in [0.1, 0.15) is 0 Å². The van der Waals surface area contributed by atoms with Crippen LogP contribution in [0.25, 0.3) is 0 Å². The molecule has 2 rings (SSSR count). The second-order valence-electron chi connectivity index (χ2n) is 6.20. The van der Waals surface area contributed by atoms with E-state index in [0.717, 1.165) is 32.5 Å². The maximum atomic E-state index is 12.0. The van der Waals surface area contributed by atoms with Crippen molar-refractivity contribution in [2.75, 3.05) is 26.2 Å². The molecule has 1 aromatic rings. The second kappa shape index (κ2) is 9.64. The highest BCUT2D eigenvalue weighted by Gasteiger charge is 2.19. The molecule has 1 aliphatic heterocycles. The van der Waals surface area contributed by atoms with Crippen LogP contribution in [-0.4, -0.2) is 48.9 Å². The minimum absolute atomic E-state index is 0.000322. The average molecular weight is 352 g/mol. The van der Waals surface area contributed by atoms with Crippen molar-refractivity contribution in [3.63, 3.8) is 0 Å². The number of piperidine rings is 1. The normalized spacial score (nSPS) is 15.9. The molecule has 1 saturated heterocycles. The summed E-state index contributed by atoms with van der Waals surface area (Å²) in [6.07, 6.45) is 3.48. The third-order valence-electron chi connectivity index (χ3n) is 4.24. The van der Waals surface area contributed by atoms with E-state index in [-0.39, 0.29) is 17.9 Å². The van der Waals surface area contributed by atoms with Gasteiger partial charge in [-0.15, -0.1) is 0 Å². The van der Waals surface area contributed by atoms with Crippen LogP contribution in [0.2, 0.25) is 5.02 Å². The molecule has 6 heteroatoms. The Morgan fingerprint density at radius 1 is 1.21 bits per heavy atom. The van der Waals surface area contributed by atoms with Crippen molar-refractivity contribution in [1.29, 1.82) is 0 Å². The molecule has 0 atom stereocenters. The molecule has 2 N–H and O–H groups in total. The zero-order chi connectivity index (χ0) is 17.4. The molecule has 132 valence electrons. The van der Waals surface area contributed by atoms with Crippen LogP contribution in [0.15, 0.2) is 24.3 Å². The molecule has 0 spiro atoms. The Morgan fingerprint density at radius 3 is 2.50 bits per heavy atom. The topological polar surface area (TPSA) is 61.4 Å². The number of amides is 2. The fraction of sp³-hybridized carbons (Fsp3) is 0.556. The molecule has 0 aliphatic carbocycles. The first-order chi connectivity index (χ1) is 11.6. The second-order valence-corrected chi connectivity index (χ2v) is 6.63. The van der Waals surface area contributed by atoms with E-state index >= 15 is 0 Å². The van der Waals surface area contributed by atoms with E-state index in [1.165, 1.54) is 6.42 Å². The lowest BCUT2D eigenvalue weighted by atomic mass is 10.0. The third kappa shape index (κ3) is 6.13. The summed E-state index contributed by atoms with van der Waals surface area (Å²) < 4.78 is 0. The van der Waals surface area contributed by atoms with Crippen molar-refractivity contribution in [3.8, 4) is 0 Å². The van der Waals surface area contributed by atoms with E-state index in [9.17, 15) is 9.59 Å². The Morgan fingerprint density at radius 2 is 1.88 bits per heavy atom. The van der Waals surface area contributed by atoms with Crippen LogP contribution in [0.3, 0.4) is 0 Å². The molecule has 1 aromatic carbocycles. The molecule has 1 fully saturated rings. The van der Waals surface area contributed by atoms with E-state index in [2.05, 4.69) is 22.5 Å². The number of benzene rings is 1. The van der Waals surface area contributed by atoms with Crippen molar-refractivity contribution >= 4 is 23.4 Å². The van der Waals surface area contributed by atoms with Gasteiger partial charge < -0.3 is 15.5 Å². The number of rotatable bonds is 7. The summed E-state index contributed by atoms with van der Waals surface area (Å²) in [7, 11) is 0. The quantitative estimate of drug-likeness (QED) is 0.793. The zero-order valence-corrected chi connectivity index (χ0v) is 14.9. The standard InChI is InChI=1S/C18H26ClN3O2/c1-2-11-22-12-8-16(9-13-22)21-17(23)7-10-20-18(24)14-3-5-15(19)6-4-14/h3-6,16H,2,7-13H2,1H3,(H,20,24)(H,21,23). The molecule has 24 heavy (non-hydrogen) atoms. The van der Waals surface area contributed by atoms with Crippen molar-refractivity contribution in [2.24, 2.45) is 0 Å². The number of halogens is 1. The maximum Gasteiger partial charge on any atom is 0.251 e. The smallest absolute Gasteiger partial charge is 0.251 e. The van der Waals surface area contributed by atoms with E-state index in [4.69, 9.17) is 11.6 Å². The lowest BCUT2D eigenvalue weighted by Gasteiger charge is -2.32. The fourth-order valence-electron chi connectivity index (χ4n) is 2.91. The zero-order valence-electron chi connectivity index (χ0n) is 14.2. The maximum absolute atomic E-state index is 12.0. The summed E-state index contributed by atoms with van der Waals surface area (Å²) in [5.41, 5.74) is 0.545. The van der Waals surface area contributed by atoms with Gasteiger partial charge in [-0.05, 0) is 50.1 Å². The van der Waals surface area contributed by atoms with Gasteiger partial charge in [-0.3, -0.25) is 9.59 Å². The molecule has 5 nitrogen and oxygen atoms in total. The number of carbonyl (C=O) groups excluding carboxylic acids is 2. The first-order valence-electron chi connectivity index (χ1n) is 8.64. The molecule has 0 aromatic heterocycles. The highest BCUT2D eigenvalue weighted by atomic mass is 35.5. The predicted octanol–water partition coefficient (Wildman–Crippen LogP) is 2.45. The Labute approximate surface area is 148 Å². The van der Waals surface area contributed by atoms with Crippen LogP contribution in [0, 0.1) is 0 Å². The van der Waals surface area contributed by atoms with Gasteiger partial charge in [0.05, 0.1) is 0 Å². The Kier molecular flexibility index (Phi) is 7.53. The summed E-state index contributed by atoms with van der Waals surface area (Å²) in [5, 5.41) is 6.42. The van der Waals surface area contributed by atoms with Gasteiger partial charge in [-0.1, -0.05) is 18.5 Å². The van der Waals surface area contributed by atoms with Crippen molar-refractivity contribution in [2.45, 2.75) is 38.6 Å². The number of likely N-dealkylation sites (tertiary alicyclic amines) is 1. The van der Waals surface area contributed by atoms with Crippen LogP contribution < -0.4 is 10.6 Å². The van der Waals surface area contributed by atoms with Crippen LogP contribution in [0.1, 0.15) is 43.0 Å². The number of nitrogens with zero attached hydrogens (tertiary/aromatic N) is 1. The predicted molar refractivity (Wildman–Crippen MR) is 96.3 cm³/mol. The van der Waals surface area contributed by atoms with Crippen LogP contribution in [0.4, 0.5) is 0 Å². The van der Waals surface area contributed by atoms with Gasteiger partial charge in [-0.25, -0.2) is 0 Å². The first-order valence-corrected chi connectivity index (χ1v) is 9.01. The molecule has 1 aliphatic rings. The molecule has 0 bridgehead atoms. The van der Waals surface area contributed by atoms with Gasteiger partial charge in [0, 0.05) is 42.7 Å². The minimum Gasteiger partial charge on any atom is -0.353 e. The van der Waals surface area contributed by atoms with Gasteiger partial charge in [0.2, 0.25) is 5.91 Å². The molecule has 0 radical (unpaired) electrons. The van der Waals surface area contributed by atoms with E-state index in [0.29, 0.717) is 23.6 Å². The number of hydrogen-bond acceptors (Lipinski definition) is 3. The van der Waals surface area contributed by atoms with Crippen LogP contribution in [0.5, 0.6) is 0 Å². The molecule has 0 unspecified atom stereocenters. The summed E-state index contributed by atoms with van der Waals surface area (Å²) in [4.78, 5) is 26.4. The fourth-order valence-corrected chi connectivity index (χ4v) is 3.04. The van der Waals surface area contributed by atoms with E-state index in [1.54, 1.807) is 24.3 Å². The van der Waals surface area contributed by atoms with Gasteiger partial charge >= 0.3 is 0 Å². The van der Waals surface area contributed by atoms with Gasteiger partial charge in [0.25, 0.3) is 5.91 Å². The number of nitrogens with one attached hydrogen (secondary N) is 2. The van der Waals surface area contributed by atoms with Crippen molar-refractivity contribution in [3.05, 3.63) is 34.9 Å². The van der Waals surface area contributed by atoms with Crippen molar-refractivity contribution in [1.82, 2.24) is 15.5 Å². The SMILES string of the molecule is CCCN1CCC(NC(=O)CCNC(=O)c2ccc(Cl)cc2)CC1. The lowest BCUT2D eigenvalue weighted by molar-refractivity contribution is -0.121. The first kappa shape index (κ1) is 18.7. The lowest BCUT2D eigenvalue weighted by Crippen LogP contribution is -2.45. The Balaban J connectivity index is 1.63. The summed E-state index contributed by atoms with van der Waals surface area (Å²) in [6, 6.07) is 6.95. The highest BCUT2D eigenvalue weighted by molar-refractivity contribution is 6.30. The number of carbonyl (C=O) groups is 2. The Hall–Kier alpha value is -1.59. The molecule has 0 saturated carbocycles. The Bertz CT molecular complexity index is 540. The molecular formula is C18H26ClN3O2. The van der Waals surface area contributed by atoms with Crippen molar-refractivity contribution < 1.29 is 9.59 Å². The molecule has 1 heterocycles. The van der Waals surface area contributed by atoms with Gasteiger partial charge in [0.15, 0.2) is 0 Å². The minimum atomic E-state index is -0.188. The van der Waals surface area contributed by atoms with Gasteiger partial charge in [-0.2, -0.15) is 0 Å². The summed E-state index contributed by atoms with van der Waals surface area (Å²) in [5.74, 6) is -0.187. The average Bonchev–Trinajstić information content (AvgIpc) is 2.57. The largest absolute Gasteiger partial charge is 0.353 e.